The number of halogens is 3. The van der Waals surface area contributed by atoms with Crippen LogP contribution in [0.4, 0.5) is 13.2 Å². The van der Waals surface area contributed by atoms with Crippen LogP contribution in [0.25, 0.3) is 0 Å². The topological polar surface area (TPSA) is 52.9 Å². The Morgan fingerprint density at radius 1 is 1.33 bits per heavy atom. The summed E-state index contributed by atoms with van der Waals surface area (Å²) in [6.45, 7) is 0. The molecule has 8 heteroatoms. The predicted molar refractivity (Wildman–Crippen MR) is 59.9 cm³/mol. The average Bonchev–Trinajstić information content (AvgIpc) is 2.17. The minimum atomic E-state index is -4.65. The summed E-state index contributed by atoms with van der Waals surface area (Å²) in [6.07, 6.45) is -4.91. The predicted octanol–water partition coefficient (Wildman–Crippen LogP) is -2.30. The number of nitriles is 1. The van der Waals surface area contributed by atoms with E-state index in [2.05, 4.69) is 0 Å². The van der Waals surface area contributed by atoms with Crippen molar-refractivity contribution in [3.8, 4) is 5.97 Å². The molecule has 1 aromatic carbocycles. The number of benzene rings is 1. The number of rotatable bonds is 2. The van der Waals surface area contributed by atoms with E-state index in [9.17, 15) is 18.0 Å². The van der Waals surface area contributed by atoms with Crippen LogP contribution in [-0.2, 0) is 11.2 Å². The monoisotopic (exact) mass is 266 g/mol. The third-order valence-electron chi connectivity index (χ3n) is 1.49. The summed E-state index contributed by atoms with van der Waals surface area (Å²) in [5.41, 5.74) is 0.550. The van der Waals surface area contributed by atoms with Crippen LogP contribution in [0.2, 0.25) is 0 Å². The minimum Gasteiger partial charge on any atom is -0.274 e. The molecule has 1 N–H and O–H groups in total. The Bertz CT molecular complexity index is 392. The molecule has 0 fully saturated rings. The molecule has 1 aromatic rings. The van der Waals surface area contributed by atoms with Crippen molar-refractivity contribution < 1.29 is 47.5 Å². The second-order valence-electron chi connectivity index (χ2n) is 2.71. The van der Waals surface area contributed by atoms with Crippen LogP contribution >= 0.6 is 0 Å². The Morgan fingerprint density at radius 2 is 1.78 bits per heavy atom. The second kappa shape index (κ2) is 10.0. The first-order valence-corrected chi connectivity index (χ1v) is 4.11. The average molecular weight is 266 g/mol. The zero-order chi connectivity index (χ0) is 13.3. The Kier molecular flexibility index (Phi) is 10.8. The van der Waals surface area contributed by atoms with Crippen LogP contribution in [0.15, 0.2) is 30.3 Å². The summed E-state index contributed by atoms with van der Waals surface area (Å²) >= 11 is 0. The van der Waals surface area contributed by atoms with Gasteiger partial charge in [0.2, 0.25) is 5.91 Å². The van der Waals surface area contributed by atoms with Crippen molar-refractivity contribution in [3.63, 3.8) is 0 Å². The Balaban J connectivity index is 0. The molecule has 0 aliphatic rings. The SMILES string of the molecule is O=C(Cc1ccccc1)NC(F)(F)F.[BH3-]C#N.[Na+]. The molecule has 0 bridgehead atoms. The van der Waals surface area contributed by atoms with Gasteiger partial charge in [0.25, 0.3) is 0 Å². The zero-order valence-corrected chi connectivity index (χ0v) is 11.1. The first-order valence-electron chi connectivity index (χ1n) is 4.11. The molecule has 0 aliphatic heterocycles. The maximum Gasteiger partial charge on any atom is 1.00 e. The summed E-state index contributed by atoms with van der Waals surface area (Å²) in [5.74, 6) is 0.948. The summed E-state index contributed by atoms with van der Waals surface area (Å²) < 4.78 is 35.0. The molecule has 0 saturated heterocycles. The van der Waals surface area contributed by atoms with E-state index in [1.807, 2.05) is 5.97 Å². The van der Waals surface area contributed by atoms with E-state index in [1.54, 1.807) is 30.3 Å². The van der Waals surface area contributed by atoms with Gasteiger partial charge in [0, 0.05) is 0 Å². The van der Waals surface area contributed by atoms with Gasteiger partial charge in [-0.15, -0.1) is 0 Å². The largest absolute Gasteiger partial charge is 1.00 e. The van der Waals surface area contributed by atoms with Gasteiger partial charge < -0.3 is 0 Å². The van der Waals surface area contributed by atoms with Crippen molar-refractivity contribution in [1.29, 1.82) is 5.26 Å². The molecule has 0 spiro atoms. The van der Waals surface area contributed by atoms with Crippen molar-refractivity contribution in [3.05, 3.63) is 35.9 Å². The van der Waals surface area contributed by atoms with Gasteiger partial charge in [-0.2, -0.15) is 19.1 Å². The number of hydrogen-bond donors (Lipinski definition) is 1. The number of hydrogen-bond acceptors (Lipinski definition) is 2. The van der Waals surface area contributed by atoms with Crippen LogP contribution in [0.1, 0.15) is 5.56 Å². The molecule has 0 atom stereocenters. The molecule has 0 radical (unpaired) electrons. The van der Waals surface area contributed by atoms with Crippen molar-refractivity contribution in [2.24, 2.45) is 0 Å². The summed E-state index contributed by atoms with van der Waals surface area (Å²) in [6, 6.07) is 8.24. The summed E-state index contributed by atoms with van der Waals surface area (Å²) in [7, 11) is 0.0694. The van der Waals surface area contributed by atoms with Crippen LogP contribution in [0.3, 0.4) is 0 Å². The smallest absolute Gasteiger partial charge is 0.274 e. The van der Waals surface area contributed by atoms with E-state index < -0.39 is 12.2 Å². The summed E-state index contributed by atoms with van der Waals surface area (Å²) in [4.78, 5) is 10.8. The van der Waals surface area contributed by atoms with Crippen LogP contribution in [0.5, 0.6) is 0 Å². The van der Waals surface area contributed by atoms with Gasteiger partial charge in [0.05, 0.1) is 14.3 Å². The fourth-order valence-corrected chi connectivity index (χ4v) is 0.984. The van der Waals surface area contributed by atoms with Crippen LogP contribution in [0, 0.1) is 11.2 Å². The molecular weight excluding hydrogens is 255 g/mol. The number of carbonyl (C=O) groups is 1. The van der Waals surface area contributed by atoms with Crippen LogP contribution in [-0.4, -0.2) is 20.1 Å². The first kappa shape index (κ1) is 19.4. The zero-order valence-electron chi connectivity index (χ0n) is 9.08. The number of carbonyl (C=O) groups excluding carboxylic acids is 1. The fraction of sp³-hybridized carbons (Fsp3) is 0.200. The molecular formula is C10H11BF3N2NaO. The van der Waals surface area contributed by atoms with E-state index in [4.69, 9.17) is 5.26 Å². The molecule has 3 nitrogen and oxygen atoms in total. The Morgan fingerprint density at radius 3 is 2.17 bits per heavy atom. The Hall–Kier alpha value is -0.965. The molecule has 0 aromatic heterocycles. The number of nitrogens with one attached hydrogen (secondary N) is 1. The normalized spacial score (nSPS) is 9.06. The maximum atomic E-state index is 11.7. The van der Waals surface area contributed by atoms with E-state index >= 15 is 0 Å². The third-order valence-corrected chi connectivity index (χ3v) is 1.49. The molecule has 92 valence electrons. The molecule has 18 heavy (non-hydrogen) atoms. The van der Waals surface area contributed by atoms with Crippen LogP contribution < -0.4 is 34.9 Å². The number of alkyl halides is 3. The van der Waals surface area contributed by atoms with Gasteiger partial charge in [-0.1, -0.05) is 30.3 Å². The van der Waals surface area contributed by atoms with E-state index in [1.165, 1.54) is 0 Å². The van der Waals surface area contributed by atoms with Crippen molar-refractivity contribution in [2.75, 3.05) is 0 Å². The maximum absolute atomic E-state index is 11.7. The van der Waals surface area contributed by atoms with Gasteiger partial charge in [-0.25, -0.2) is 0 Å². The molecule has 1 amide bonds. The van der Waals surface area contributed by atoms with Gasteiger partial charge >= 0.3 is 35.9 Å². The van der Waals surface area contributed by atoms with E-state index in [0.29, 0.717) is 5.56 Å². The summed E-state index contributed by atoms with van der Waals surface area (Å²) in [5, 5.41) is 8.36. The fourth-order valence-electron chi connectivity index (χ4n) is 0.984. The molecule has 0 saturated carbocycles. The quantitative estimate of drug-likeness (QED) is 0.483. The van der Waals surface area contributed by atoms with Gasteiger partial charge in [-0.3, -0.25) is 15.4 Å². The molecule has 0 heterocycles. The van der Waals surface area contributed by atoms with E-state index in [-0.39, 0.29) is 43.8 Å². The molecule has 0 unspecified atom stereocenters. The standard InChI is InChI=1S/C9H8F3NO.CH3BN.Na/c10-9(11,12)13-8(14)6-7-4-2-1-3-5-7;2-1-3;/h1-5H,6H2,(H,13,14);2H3;/q;-1;+1. The number of nitrogens with zero attached hydrogens (tertiary/aromatic N) is 1. The van der Waals surface area contributed by atoms with Crippen molar-refractivity contribution in [1.82, 2.24) is 5.32 Å². The molecule has 1 rings (SSSR count). The van der Waals surface area contributed by atoms with Crippen molar-refractivity contribution >= 4 is 13.8 Å². The molecule has 0 aliphatic carbocycles. The van der Waals surface area contributed by atoms with E-state index in [0.717, 1.165) is 5.32 Å². The minimum absolute atomic E-state index is 0. The van der Waals surface area contributed by atoms with Crippen molar-refractivity contribution in [2.45, 2.75) is 12.7 Å². The van der Waals surface area contributed by atoms with Gasteiger partial charge in [0.15, 0.2) is 0 Å². The third kappa shape index (κ3) is 11.5. The van der Waals surface area contributed by atoms with Gasteiger partial charge in [-0.05, 0) is 5.56 Å². The number of amides is 1. The Labute approximate surface area is 126 Å². The van der Waals surface area contributed by atoms with Gasteiger partial charge in [0.1, 0.15) is 0 Å². The first-order chi connectivity index (χ1) is 7.89. The second-order valence-corrected chi connectivity index (χ2v) is 2.71.